The highest BCUT2D eigenvalue weighted by Gasteiger charge is 2.30. The van der Waals surface area contributed by atoms with Gasteiger partial charge in [0.2, 0.25) is 5.91 Å². The summed E-state index contributed by atoms with van der Waals surface area (Å²) in [6, 6.07) is 6.79. The number of benzene rings is 1. The number of rotatable bonds is 8. The monoisotopic (exact) mass is 462 g/mol. The minimum absolute atomic E-state index is 0.0723. The molecule has 1 heterocycles. The van der Waals surface area contributed by atoms with Crippen molar-refractivity contribution in [3.05, 3.63) is 41.1 Å². The Morgan fingerprint density at radius 2 is 2.03 bits per heavy atom. The Kier molecular flexibility index (Phi) is 7.55. The van der Waals surface area contributed by atoms with Gasteiger partial charge in [0.1, 0.15) is 6.10 Å². The molecule has 3 N–H and O–H groups in total. The van der Waals surface area contributed by atoms with E-state index in [0.717, 1.165) is 36.8 Å². The van der Waals surface area contributed by atoms with Crippen LogP contribution in [0.25, 0.3) is 0 Å². The molecule has 0 unspecified atom stereocenters. The van der Waals surface area contributed by atoms with Gasteiger partial charge in [0.05, 0.1) is 11.3 Å². The normalized spacial score (nSPS) is 18.3. The maximum atomic E-state index is 12.5. The zero-order valence-electron chi connectivity index (χ0n) is 18.6. The van der Waals surface area contributed by atoms with Gasteiger partial charge in [-0.1, -0.05) is 19.1 Å². The number of anilines is 1. The molecule has 9 nitrogen and oxygen atoms in total. The van der Waals surface area contributed by atoms with Crippen LogP contribution in [0.5, 0.6) is 0 Å². The van der Waals surface area contributed by atoms with Crippen LogP contribution in [0.3, 0.4) is 0 Å². The molecule has 1 aromatic carbocycles. The Bertz CT molecular complexity index is 1080. The van der Waals surface area contributed by atoms with Gasteiger partial charge in [0, 0.05) is 30.5 Å². The molecule has 10 heteroatoms. The first-order valence-corrected chi connectivity index (χ1v) is 12.6. The van der Waals surface area contributed by atoms with Crippen LogP contribution in [0, 0.1) is 6.92 Å². The van der Waals surface area contributed by atoms with E-state index in [4.69, 9.17) is 4.74 Å². The summed E-state index contributed by atoms with van der Waals surface area (Å²) >= 11 is 0. The highest BCUT2D eigenvalue weighted by Crippen LogP contribution is 2.35. The van der Waals surface area contributed by atoms with Crippen molar-refractivity contribution in [2.75, 3.05) is 18.1 Å². The summed E-state index contributed by atoms with van der Waals surface area (Å²) in [5.41, 5.74) is 2.13. The molecule has 174 valence electrons. The van der Waals surface area contributed by atoms with E-state index in [1.165, 1.54) is 0 Å². The second-order valence-corrected chi connectivity index (χ2v) is 10.3. The minimum Gasteiger partial charge on any atom is -0.446 e. The van der Waals surface area contributed by atoms with E-state index in [1.54, 1.807) is 31.2 Å². The molecule has 32 heavy (non-hydrogen) atoms. The molecule has 0 bridgehead atoms. The Morgan fingerprint density at radius 1 is 1.25 bits per heavy atom. The summed E-state index contributed by atoms with van der Waals surface area (Å²) in [4.78, 5) is 24.4. The fourth-order valence-corrected chi connectivity index (χ4v) is 4.89. The number of sulfone groups is 1. The van der Waals surface area contributed by atoms with E-state index in [-0.39, 0.29) is 35.3 Å². The second-order valence-electron chi connectivity index (χ2n) is 8.28. The number of nitrogens with one attached hydrogen (secondary N) is 3. The van der Waals surface area contributed by atoms with Gasteiger partial charge in [-0.25, -0.2) is 13.2 Å². The molecule has 1 aliphatic rings. The summed E-state index contributed by atoms with van der Waals surface area (Å²) in [5, 5.41) is 12.5. The number of amides is 2. The van der Waals surface area contributed by atoms with E-state index >= 15 is 0 Å². The fraction of sp³-hybridized carbons (Fsp3) is 0.500. The molecular formula is C22H30N4O5S. The number of ether oxygens (including phenoxy) is 1. The third-order valence-corrected chi connectivity index (χ3v) is 6.63. The van der Waals surface area contributed by atoms with Gasteiger partial charge in [0.15, 0.2) is 15.7 Å². The number of H-pyrrole nitrogens is 1. The van der Waals surface area contributed by atoms with Crippen molar-refractivity contribution in [2.45, 2.75) is 62.9 Å². The summed E-state index contributed by atoms with van der Waals surface area (Å²) in [6.45, 7) is 4.37. The number of nitrogens with zero attached hydrogens (tertiary/aromatic N) is 1. The quantitative estimate of drug-likeness (QED) is 0.553. The minimum atomic E-state index is -3.44. The Morgan fingerprint density at radius 3 is 2.75 bits per heavy atom. The van der Waals surface area contributed by atoms with Gasteiger partial charge in [-0.15, -0.1) is 0 Å². The number of hydrogen-bond acceptors (Lipinski definition) is 6. The maximum absolute atomic E-state index is 12.5. The Labute approximate surface area is 188 Å². The average Bonchev–Trinajstić information content (AvgIpc) is 3.36. The summed E-state index contributed by atoms with van der Waals surface area (Å²) < 4.78 is 29.6. The van der Waals surface area contributed by atoms with Crippen LogP contribution in [-0.2, 0) is 25.8 Å². The number of aromatic amines is 1. The largest absolute Gasteiger partial charge is 0.446 e. The van der Waals surface area contributed by atoms with Crippen LogP contribution in [-0.4, -0.2) is 49.5 Å². The molecule has 0 aliphatic heterocycles. The smallest absolute Gasteiger partial charge is 0.407 e. The predicted molar refractivity (Wildman–Crippen MR) is 120 cm³/mol. The van der Waals surface area contributed by atoms with Crippen LogP contribution < -0.4 is 10.6 Å². The third-order valence-electron chi connectivity index (χ3n) is 5.46. The zero-order valence-corrected chi connectivity index (χ0v) is 19.4. The predicted octanol–water partition coefficient (Wildman–Crippen LogP) is 3.08. The number of carbonyl (C=O) groups excluding carboxylic acids is 2. The first kappa shape index (κ1) is 23.8. The lowest BCUT2D eigenvalue weighted by Gasteiger charge is -2.12. The van der Waals surface area contributed by atoms with Crippen LogP contribution >= 0.6 is 0 Å². The molecule has 2 aromatic rings. The highest BCUT2D eigenvalue weighted by molar-refractivity contribution is 7.90. The Balaban J connectivity index is 1.57. The van der Waals surface area contributed by atoms with Crippen molar-refractivity contribution in [3.63, 3.8) is 0 Å². The lowest BCUT2D eigenvalue weighted by atomic mass is 10.0. The summed E-state index contributed by atoms with van der Waals surface area (Å²) in [5.74, 6) is 0.186. The van der Waals surface area contributed by atoms with E-state index in [1.807, 2.05) is 6.92 Å². The summed E-state index contributed by atoms with van der Waals surface area (Å²) in [7, 11) is -3.44. The van der Waals surface area contributed by atoms with Gasteiger partial charge < -0.3 is 15.4 Å². The molecule has 0 saturated heterocycles. The standard InChI is InChI=1S/C22H30N4O5S/c1-4-9-23-22(28)31-17-8-7-15(11-17)18-13-20(26-25-18)24-21(27)12-16-6-5-14(2)10-19(16)32(3,29)30/h5-6,10,13,15,17H,4,7-9,11-12H2,1-3H3,(H,23,28)(H2,24,25,26,27)/t15-,17+/m0/s1. The van der Waals surface area contributed by atoms with Crippen LogP contribution in [0.2, 0.25) is 0 Å². The molecule has 1 saturated carbocycles. The van der Waals surface area contributed by atoms with E-state index in [2.05, 4.69) is 20.8 Å². The molecule has 0 spiro atoms. The molecule has 1 aliphatic carbocycles. The van der Waals surface area contributed by atoms with Crippen molar-refractivity contribution >= 4 is 27.7 Å². The lowest BCUT2D eigenvalue weighted by Crippen LogP contribution is -2.28. The second kappa shape index (κ2) is 10.2. The lowest BCUT2D eigenvalue weighted by molar-refractivity contribution is -0.115. The van der Waals surface area contributed by atoms with Crippen molar-refractivity contribution < 1.29 is 22.7 Å². The van der Waals surface area contributed by atoms with Crippen LogP contribution in [0.4, 0.5) is 10.6 Å². The van der Waals surface area contributed by atoms with Crippen molar-refractivity contribution in [1.82, 2.24) is 15.5 Å². The number of aryl methyl sites for hydroxylation is 1. The molecule has 3 rings (SSSR count). The van der Waals surface area contributed by atoms with Gasteiger partial charge in [-0.05, 0) is 49.8 Å². The molecule has 2 atom stereocenters. The number of aromatic nitrogens is 2. The fourth-order valence-electron chi connectivity index (χ4n) is 3.87. The third kappa shape index (κ3) is 6.32. The van der Waals surface area contributed by atoms with Crippen molar-refractivity contribution in [3.8, 4) is 0 Å². The van der Waals surface area contributed by atoms with Gasteiger partial charge in [0.25, 0.3) is 0 Å². The molecule has 2 amide bonds. The van der Waals surface area contributed by atoms with E-state index < -0.39 is 9.84 Å². The number of alkyl carbamates (subject to hydrolysis) is 1. The molecule has 1 fully saturated rings. The first-order valence-electron chi connectivity index (χ1n) is 10.7. The average molecular weight is 463 g/mol. The van der Waals surface area contributed by atoms with Crippen molar-refractivity contribution in [2.24, 2.45) is 0 Å². The molecule has 1 aromatic heterocycles. The van der Waals surface area contributed by atoms with Crippen LogP contribution in [0.15, 0.2) is 29.2 Å². The Hall–Kier alpha value is -2.88. The van der Waals surface area contributed by atoms with E-state index in [9.17, 15) is 18.0 Å². The first-order chi connectivity index (χ1) is 15.2. The maximum Gasteiger partial charge on any atom is 0.407 e. The van der Waals surface area contributed by atoms with Gasteiger partial charge >= 0.3 is 6.09 Å². The van der Waals surface area contributed by atoms with E-state index in [0.29, 0.717) is 24.3 Å². The SMILES string of the molecule is CCCNC(=O)O[C@@H]1CC[C@H](c2cc(NC(=O)Cc3ccc(C)cc3S(C)(=O)=O)n[nH]2)C1. The van der Waals surface area contributed by atoms with Crippen molar-refractivity contribution in [1.29, 1.82) is 0 Å². The van der Waals surface area contributed by atoms with Crippen LogP contribution in [0.1, 0.15) is 55.3 Å². The zero-order chi connectivity index (χ0) is 23.3. The molecule has 0 radical (unpaired) electrons. The van der Waals surface area contributed by atoms with Gasteiger partial charge in [-0.2, -0.15) is 5.10 Å². The highest BCUT2D eigenvalue weighted by atomic mass is 32.2. The number of carbonyl (C=O) groups is 2. The number of hydrogen-bond donors (Lipinski definition) is 3. The van der Waals surface area contributed by atoms with Gasteiger partial charge in [-0.3, -0.25) is 9.89 Å². The molecular weight excluding hydrogens is 432 g/mol. The topological polar surface area (TPSA) is 130 Å². The summed E-state index contributed by atoms with van der Waals surface area (Å²) in [6.07, 6.45) is 3.69.